The van der Waals surface area contributed by atoms with Gasteiger partial charge < -0.3 is 10.4 Å². The zero-order valence-electron chi connectivity index (χ0n) is 8.19. The van der Waals surface area contributed by atoms with Crippen LogP contribution in [0.3, 0.4) is 0 Å². The Bertz CT molecular complexity index is 523. The molecule has 15 heavy (non-hydrogen) atoms. The van der Waals surface area contributed by atoms with Crippen molar-refractivity contribution in [3.8, 4) is 5.75 Å². The van der Waals surface area contributed by atoms with Crippen molar-refractivity contribution in [2.24, 2.45) is 0 Å². The summed E-state index contributed by atoms with van der Waals surface area (Å²) in [5.41, 5.74) is 0.683. The first-order valence-electron chi connectivity index (χ1n) is 4.53. The molecular formula is C11H10N2O2. The van der Waals surface area contributed by atoms with Gasteiger partial charge in [0.1, 0.15) is 5.52 Å². The average Bonchev–Trinajstić information content (AvgIpc) is 2.29. The predicted octanol–water partition coefficient (Wildman–Crippen LogP) is 1.30. The van der Waals surface area contributed by atoms with E-state index in [2.05, 4.69) is 10.3 Å². The molecule has 2 rings (SSSR count). The molecule has 1 aromatic carbocycles. The first kappa shape index (κ1) is 9.45. The van der Waals surface area contributed by atoms with Crippen molar-refractivity contribution in [2.75, 3.05) is 7.05 Å². The fourth-order valence-electron chi connectivity index (χ4n) is 1.45. The second kappa shape index (κ2) is 3.57. The average molecular weight is 202 g/mol. The Kier molecular flexibility index (Phi) is 2.25. The Labute approximate surface area is 86.6 Å². The fraction of sp³-hybridized carbons (Fsp3) is 0.0909. The highest BCUT2D eigenvalue weighted by atomic mass is 16.3. The van der Waals surface area contributed by atoms with Gasteiger partial charge in [-0.3, -0.25) is 9.78 Å². The normalized spacial score (nSPS) is 10.2. The third-order valence-electron chi connectivity index (χ3n) is 2.22. The van der Waals surface area contributed by atoms with Crippen LogP contribution in [0.5, 0.6) is 5.75 Å². The first-order valence-corrected chi connectivity index (χ1v) is 4.53. The maximum absolute atomic E-state index is 11.4. The predicted molar refractivity (Wildman–Crippen MR) is 56.8 cm³/mol. The molecule has 1 aromatic heterocycles. The largest absolute Gasteiger partial charge is 0.505 e. The summed E-state index contributed by atoms with van der Waals surface area (Å²) in [6.45, 7) is 0. The summed E-state index contributed by atoms with van der Waals surface area (Å²) in [6.07, 6.45) is 1.58. The van der Waals surface area contributed by atoms with Crippen LogP contribution in [0.25, 0.3) is 10.9 Å². The van der Waals surface area contributed by atoms with E-state index in [1.165, 1.54) is 7.05 Å². The highest BCUT2D eigenvalue weighted by Crippen LogP contribution is 2.26. The third-order valence-corrected chi connectivity index (χ3v) is 2.22. The molecule has 1 heterocycles. The van der Waals surface area contributed by atoms with Crippen LogP contribution < -0.4 is 5.32 Å². The minimum absolute atomic E-state index is 0.0764. The van der Waals surface area contributed by atoms with E-state index in [-0.39, 0.29) is 17.2 Å². The van der Waals surface area contributed by atoms with Gasteiger partial charge in [-0.1, -0.05) is 12.1 Å². The molecule has 0 aliphatic carbocycles. The van der Waals surface area contributed by atoms with E-state index in [0.717, 1.165) is 5.39 Å². The van der Waals surface area contributed by atoms with Crippen molar-refractivity contribution in [1.29, 1.82) is 0 Å². The van der Waals surface area contributed by atoms with Crippen molar-refractivity contribution in [3.05, 3.63) is 36.0 Å². The number of hydrogen-bond donors (Lipinski definition) is 2. The summed E-state index contributed by atoms with van der Waals surface area (Å²) in [7, 11) is 1.52. The topological polar surface area (TPSA) is 62.2 Å². The SMILES string of the molecule is CNC(=O)c1ccc2cccnc2c1O. The number of benzene rings is 1. The molecule has 0 atom stereocenters. The van der Waals surface area contributed by atoms with Crippen LogP contribution in [0.4, 0.5) is 0 Å². The molecule has 0 spiro atoms. The molecule has 76 valence electrons. The molecule has 0 radical (unpaired) electrons. The summed E-state index contributed by atoms with van der Waals surface area (Å²) in [5, 5.41) is 13.1. The Balaban J connectivity index is 2.70. The van der Waals surface area contributed by atoms with Gasteiger partial charge in [0.15, 0.2) is 5.75 Å². The van der Waals surface area contributed by atoms with Crippen molar-refractivity contribution in [2.45, 2.75) is 0 Å². The van der Waals surface area contributed by atoms with Crippen LogP contribution in [-0.2, 0) is 0 Å². The number of carbonyl (C=O) groups excluding carboxylic acids is 1. The molecule has 4 heteroatoms. The molecule has 0 unspecified atom stereocenters. The number of carbonyl (C=O) groups is 1. The van der Waals surface area contributed by atoms with Gasteiger partial charge in [-0.2, -0.15) is 0 Å². The third kappa shape index (κ3) is 1.50. The lowest BCUT2D eigenvalue weighted by Gasteiger charge is -2.05. The molecule has 0 bridgehead atoms. The Morgan fingerprint density at radius 2 is 2.20 bits per heavy atom. The maximum atomic E-state index is 11.4. The Hall–Kier alpha value is -2.10. The van der Waals surface area contributed by atoms with E-state index in [1.54, 1.807) is 24.4 Å². The van der Waals surface area contributed by atoms with Crippen molar-refractivity contribution >= 4 is 16.8 Å². The summed E-state index contributed by atoms with van der Waals surface area (Å²) in [4.78, 5) is 15.4. The van der Waals surface area contributed by atoms with Gasteiger partial charge in [0.05, 0.1) is 5.56 Å². The summed E-state index contributed by atoms with van der Waals surface area (Å²) in [6, 6.07) is 6.95. The van der Waals surface area contributed by atoms with Gasteiger partial charge in [0.25, 0.3) is 5.91 Å². The molecule has 2 aromatic rings. The van der Waals surface area contributed by atoms with Crippen molar-refractivity contribution in [1.82, 2.24) is 10.3 Å². The van der Waals surface area contributed by atoms with Crippen molar-refractivity contribution < 1.29 is 9.90 Å². The van der Waals surface area contributed by atoms with Crippen LogP contribution >= 0.6 is 0 Å². The number of aromatic hydroxyl groups is 1. The maximum Gasteiger partial charge on any atom is 0.254 e. The number of phenols is 1. The van der Waals surface area contributed by atoms with E-state index in [4.69, 9.17) is 0 Å². The fourth-order valence-corrected chi connectivity index (χ4v) is 1.45. The van der Waals surface area contributed by atoms with Crippen LogP contribution in [-0.4, -0.2) is 23.0 Å². The Morgan fingerprint density at radius 3 is 2.93 bits per heavy atom. The zero-order chi connectivity index (χ0) is 10.8. The lowest BCUT2D eigenvalue weighted by Crippen LogP contribution is -2.17. The standard InChI is InChI=1S/C11H10N2O2/c1-12-11(15)8-5-4-7-3-2-6-13-9(7)10(8)14/h2-6,14H,1H3,(H,12,15). The molecule has 2 N–H and O–H groups in total. The summed E-state index contributed by atoms with van der Waals surface area (Å²) >= 11 is 0. The van der Waals surface area contributed by atoms with Crippen LogP contribution in [0.15, 0.2) is 30.5 Å². The van der Waals surface area contributed by atoms with Crippen molar-refractivity contribution in [3.63, 3.8) is 0 Å². The van der Waals surface area contributed by atoms with Gasteiger partial charge in [0.2, 0.25) is 0 Å². The second-order valence-corrected chi connectivity index (χ2v) is 3.12. The summed E-state index contributed by atoms with van der Waals surface area (Å²) < 4.78 is 0. The quantitative estimate of drug-likeness (QED) is 0.732. The number of aromatic nitrogens is 1. The monoisotopic (exact) mass is 202 g/mol. The number of fused-ring (bicyclic) bond motifs is 1. The van der Waals surface area contributed by atoms with Crippen LogP contribution in [0, 0.1) is 0 Å². The van der Waals surface area contributed by atoms with Gasteiger partial charge in [-0.25, -0.2) is 0 Å². The second-order valence-electron chi connectivity index (χ2n) is 3.12. The molecule has 4 nitrogen and oxygen atoms in total. The molecule has 0 aliphatic heterocycles. The molecular weight excluding hydrogens is 192 g/mol. The molecule has 0 fully saturated rings. The lowest BCUT2D eigenvalue weighted by atomic mass is 10.1. The highest BCUT2D eigenvalue weighted by molar-refractivity contribution is 6.02. The number of hydrogen-bond acceptors (Lipinski definition) is 3. The minimum atomic E-state index is -0.319. The molecule has 0 saturated carbocycles. The van der Waals surface area contributed by atoms with E-state index in [0.29, 0.717) is 5.52 Å². The number of rotatable bonds is 1. The minimum Gasteiger partial charge on any atom is -0.505 e. The van der Waals surface area contributed by atoms with E-state index in [9.17, 15) is 9.90 Å². The zero-order valence-corrected chi connectivity index (χ0v) is 8.19. The van der Waals surface area contributed by atoms with Gasteiger partial charge in [0, 0.05) is 18.6 Å². The lowest BCUT2D eigenvalue weighted by molar-refractivity contribution is 0.0960. The van der Waals surface area contributed by atoms with Gasteiger partial charge >= 0.3 is 0 Å². The molecule has 0 saturated heterocycles. The first-order chi connectivity index (χ1) is 7.24. The highest BCUT2D eigenvalue weighted by Gasteiger charge is 2.12. The summed E-state index contributed by atoms with van der Waals surface area (Å²) in [5.74, 6) is -0.396. The van der Waals surface area contributed by atoms with Gasteiger partial charge in [-0.05, 0) is 12.1 Å². The number of phenolic OH excluding ortho intramolecular Hbond substituents is 1. The molecule has 1 amide bonds. The van der Waals surface area contributed by atoms with E-state index >= 15 is 0 Å². The molecule has 0 aliphatic rings. The van der Waals surface area contributed by atoms with E-state index in [1.807, 2.05) is 6.07 Å². The van der Waals surface area contributed by atoms with Crippen LogP contribution in [0.1, 0.15) is 10.4 Å². The Morgan fingerprint density at radius 1 is 1.40 bits per heavy atom. The number of pyridine rings is 1. The van der Waals surface area contributed by atoms with Gasteiger partial charge in [-0.15, -0.1) is 0 Å². The number of nitrogens with zero attached hydrogens (tertiary/aromatic N) is 1. The van der Waals surface area contributed by atoms with E-state index < -0.39 is 0 Å². The van der Waals surface area contributed by atoms with Crippen LogP contribution in [0.2, 0.25) is 0 Å². The number of amides is 1. The number of nitrogens with one attached hydrogen (secondary N) is 1. The smallest absolute Gasteiger partial charge is 0.254 e.